The van der Waals surface area contributed by atoms with Crippen LogP contribution in [-0.2, 0) is 19.1 Å². The summed E-state index contributed by atoms with van der Waals surface area (Å²) in [6, 6.07) is 16.6. The summed E-state index contributed by atoms with van der Waals surface area (Å²) in [4.78, 5) is 42.6. The Kier molecular flexibility index (Phi) is 6.38. The molecule has 0 N–H and O–H groups in total. The Morgan fingerprint density at radius 1 is 0.967 bits per heavy atom. The molecule has 2 aliphatic rings. The molecule has 7 heteroatoms. The van der Waals surface area contributed by atoms with Gasteiger partial charge in [0.05, 0.1) is 11.4 Å². The number of thioether (sulfide) groups is 1. The molecular weight excluding hydrogens is 400 g/mol. The van der Waals surface area contributed by atoms with Crippen molar-refractivity contribution < 1.29 is 19.1 Å². The summed E-state index contributed by atoms with van der Waals surface area (Å²) >= 11 is 1.46. The van der Waals surface area contributed by atoms with E-state index in [0.717, 1.165) is 24.2 Å². The van der Waals surface area contributed by atoms with Gasteiger partial charge in [0.1, 0.15) is 6.54 Å². The quantitative estimate of drug-likeness (QED) is 0.688. The van der Waals surface area contributed by atoms with Crippen LogP contribution in [0.4, 0.5) is 5.69 Å². The number of amides is 2. The molecule has 2 aromatic carbocycles. The number of anilines is 1. The van der Waals surface area contributed by atoms with Crippen LogP contribution in [0.3, 0.4) is 0 Å². The zero-order valence-corrected chi connectivity index (χ0v) is 17.5. The maximum Gasteiger partial charge on any atom is 0.327 e. The first kappa shape index (κ1) is 20.5. The van der Waals surface area contributed by atoms with E-state index in [1.807, 2.05) is 42.5 Å². The van der Waals surface area contributed by atoms with E-state index in [9.17, 15) is 14.4 Å². The summed E-state index contributed by atoms with van der Waals surface area (Å²) in [5.41, 5.74) is 1.34. The van der Waals surface area contributed by atoms with Gasteiger partial charge in [-0.15, -0.1) is 11.8 Å². The maximum atomic E-state index is 13.2. The summed E-state index contributed by atoms with van der Waals surface area (Å²) < 4.78 is 5.69. The number of fused-ring (bicyclic) bond motifs is 1. The van der Waals surface area contributed by atoms with Crippen molar-refractivity contribution in [3.63, 3.8) is 0 Å². The third-order valence-electron chi connectivity index (χ3n) is 5.34. The predicted molar refractivity (Wildman–Crippen MR) is 115 cm³/mol. The molecule has 0 spiro atoms. The van der Waals surface area contributed by atoms with Crippen molar-refractivity contribution in [3.8, 4) is 0 Å². The standard InChI is InChI=1S/C23H24N2O4S/c26-20-16-30-19-12-6-5-11-18(19)25(20)15-21(27)29-22(17-9-3-1-4-10-17)23(28)24-13-7-2-8-14-24/h1,3-6,9-12,22H,2,7-8,13-16H2. The first-order valence-electron chi connectivity index (χ1n) is 10.2. The monoisotopic (exact) mass is 424 g/mol. The Hall–Kier alpha value is -2.80. The molecule has 2 amide bonds. The number of piperidine rings is 1. The van der Waals surface area contributed by atoms with Crippen molar-refractivity contribution in [2.75, 3.05) is 30.3 Å². The highest BCUT2D eigenvalue weighted by molar-refractivity contribution is 8.00. The van der Waals surface area contributed by atoms with Crippen LogP contribution in [0.15, 0.2) is 59.5 Å². The number of ether oxygens (including phenoxy) is 1. The average Bonchev–Trinajstić information content (AvgIpc) is 2.80. The van der Waals surface area contributed by atoms with Gasteiger partial charge in [0.25, 0.3) is 5.91 Å². The zero-order chi connectivity index (χ0) is 20.9. The van der Waals surface area contributed by atoms with Crippen molar-refractivity contribution >= 4 is 35.2 Å². The highest BCUT2D eigenvalue weighted by Crippen LogP contribution is 2.35. The van der Waals surface area contributed by atoms with E-state index in [2.05, 4.69) is 0 Å². The minimum Gasteiger partial charge on any atom is -0.446 e. The molecule has 0 bridgehead atoms. The Balaban J connectivity index is 1.52. The van der Waals surface area contributed by atoms with E-state index in [4.69, 9.17) is 4.74 Å². The van der Waals surface area contributed by atoms with Crippen LogP contribution in [0.2, 0.25) is 0 Å². The molecule has 2 aromatic rings. The Morgan fingerprint density at radius 2 is 1.67 bits per heavy atom. The van der Waals surface area contributed by atoms with Crippen LogP contribution in [-0.4, -0.2) is 48.1 Å². The number of esters is 1. The van der Waals surface area contributed by atoms with Crippen LogP contribution in [0.25, 0.3) is 0 Å². The summed E-state index contributed by atoms with van der Waals surface area (Å²) in [5.74, 6) is -0.659. The highest BCUT2D eigenvalue weighted by atomic mass is 32.2. The Labute approximate surface area is 180 Å². The highest BCUT2D eigenvalue weighted by Gasteiger charge is 2.32. The molecule has 1 atom stereocenters. The van der Waals surface area contributed by atoms with Crippen molar-refractivity contribution in [1.29, 1.82) is 0 Å². The number of carbonyl (C=O) groups excluding carboxylic acids is 3. The molecule has 156 valence electrons. The number of para-hydroxylation sites is 1. The molecule has 2 heterocycles. The van der Waals surface area contributed by atoms with Crippen molar-refractivity contribution in [3.05, 3.63) is 60.2 Å². The van der Waals surface area contributed by atoms with Gasteiger partial charge in [0.2, 0.25) is 12.0 Å². The van der Waals surface area contributed by atoms with E-state index in [0.29, 0.717) is 24.3 Å². The van der Waals surface area contributed by atoms with Gasteiger partial charge >= 0.3 is 5.97 Å². The second-order valence-corrected chi connectivity index (χ2v) is 8.42. The lowest BCUT2D eigenvalue weighted by Gasteiger charge is -2.31. The van der Waals surface area contributed by atoms with Crippen molar-refractivity contribution in [1.82, 2.24) is 4.90 Å². The van der Waals surface area contributed by atoms with Gasteiger partial charge in [-0.25, -0.2) is 0 Å². The summed E-state index contributed by atoms with van der Waals surface area (Å²) in [6.45, 7) is 1.14. The van der Waals surface area contributed by atoms with Crippen LogP contribution in [0, 0.1) is 0 Å². The van der Waals surface area contributed by atoms with Gasteiger partial charge in [0, 0.05) is 23.5 Å². The van der Waals surface area contributed by atoms with E-state index >= 15 is 0 Å². The molecule has 0 aromatic heterocycles. The lowest BCUT2D eigenvalue weighted by atomic mass is 10.1. The topological polar surface area (TPSA) is 66.9 Å². The lowest BCUT2D eigenvalue weighted by molar-refractivity contribution is -0.160. The molecule has 0 saturated carbocycles. The largest absolute Gasteiger partial charge is 0.446 e. The molecular formula is C23H24N2O4S. The minimum atomic E-state index is -0.999. The Morgan fingerprint density at radius 3 is 2.43 bits per heavy atom. The Bertz CT molecular complexity index is 928. The third-order valence-corrected chi connectivity index (χ3v) is 6.39. The van der Waals surface area contributed by atoms with E-state index in [1.54, 1.807) is 17.0 Å². The molecule has 0 radical (unpaired) electrons. The first-order chi connectivity index (χ1) is 14.6. The number of hydrogen-bond acceptors (Lipinski definition) is 5. The molecule has 1 saturated heterocycles. The zero-order valence-electron chi connectivity index (χ0n) is 16.7. The van der Waals surface area contributed by atoms with E-state index in [-0.39, 0.29) is 24.1 Å². The van der Waals surface area contributed by atoms with Crippen molar-refractivity contribution in [2.45, 2.75) is 30.3 Å². The van der Waals surface area contributed by atoms with Crippen LogP contribution in [0.1, 0.15) is 30.9 Å². The van der Waals surface area contributed by atoms with Crippen molar-refractivity contribution in [2.24, 2.45) is 0 Å². The fourth-order valence-electron chi connectivity index (χ4n) is 3.79. The van der Waals surface area contributed by atoms with Gasteiger partial charge in [-0.05, 0) is 31.4 Å². The number of rotatable bonds is 5. The first-order valence-corrected chi connectivity index (χ1v) is 11.2. The molecule has 6 nitrogen and oxygen atoms in total. The maximum absolute atomic E-state index is 13.2. The second-order valence-electron chi connectivity index (χ2n) is 7.40. The summed E-state index contributed by atoms with van der Waals surface area (Å²) in [7, 11) is 0. The van der Waals surface area contributed by atoms with Gasteiger partial charge in [-0.1, -0.05) is 42.5 Å². The summed E-state index contributed by atoms with van der Waals surface area (Å²) in [6.07, 6.45) is 2.02. The molecule has 1 unspecified atom stereocenters. The molecule has 1 fully saturated rings. The summed E-state index contributed by atoms with van der Waals surface area (Å²) in [5, 5.41) is 0. The number of benzene rings is 2. The number of hydrogen-bond donors (Lipinski definition) is 0. The van der Waals surface area contributed by atoms with Crippen LogP contribution < -0.4 is 4.90 Å². The molecule has 2 aliphatic heterocycles. The normalized spacial score (nSPS) is 17.3. The smallest absolute Gasteiger partial charge is 0.327 e. The number of nitrogens with zero attached hydrogens (tertiary/aromatic N) is 2. The second kappa shape index (κ2) is 9.34. The molecule has 30 heavy (non-hydrogen) atoms. The fraction of sp³-hybridized carbons (Fsp3) is 0.348. The SMILES string of the molecule is O=C(CN1C(=O)CSc2ccccc21)OC(C(=O)N1CCCCC1)c1ccccc1. The number of carbonyl (C=O) groups is 3. The minimum absolute atomic E-state index is 0.144. The molecule has 0 aliphatic carbocycles. The van der Waals surface area contributed by atoms with Crippen LogP contribution in [0.5, 0.6) is 0 Å². The van der Waals surface area contributed by atoms with Gasteiger partial charge in [0.15, 0.2) is 0 Å². The third kappa shape index (κ3) is 4.51. The molecule has 4 rings (SSSR count). The van der Waals surface area contributed by atoms with Crippen LogP contribution >= 0.6 is 11.8 Å². The number of likely N-dealkylation sites (tertiary alicyclic amines) is 1. The lowest BCUT2D eigenvalue weighted by Crippen LogP contribution is -2.43. The fourth-order valence-corrected chi connectivity index (χ4v) is 4.73. The predicted octanol–water partition coefficient (Wildman–Crippen LogP) is 3.42. The van der Waals surface area contributed by atoms with Gasteiger partial charge in [-0.3, -0.25) is 19.3 Å². The van der Waals surface area contributed by atoms with Gasteiger partial charge < -0.3 is 9.64 Å². The van der Waals surface area contributed by atoms with E-state index < -0.39 is 12.1 Å². The van der Waals surface area contributed by atoms with E-state index in [1.165, 1.54) is 16.7 Å². The average molecular weight is 425 g/mol. The van der Waals surface area contributed by atoms with Gasteiger partial charge in [-0.2, -0.15) is 0 Å².